The maximum Gasteiger partial charge on any atom is 0.481 e. The molecule has 13 nitrogen and oxygen atoms in total. The van der Waals surface area contributed by atoms with E-state index in [2.05, 4.69) is 250 Å². The van der Waals surface area contributed by atoms with E-state index in [4.69, 9.17) is 27.8 Å². The van der Waals surface area contributed by atoms with Crippen molar-refractivity contribution in [1.82, 2.24) is 28.4 Å². The highest BCUT2D eigenvalue weighted by molar-refractivity contribution is 7.48. The highest BCUT2D eigenvalue weighted by Crippen LogP contribution is 2.73. The van der Waals surface area contributed by atoms with Gasteiger partial charge in [-0.15, -0.1) is 0 Å². The van der Waals surface area contributed by atoms with Gasteiger partial charge < -0.3 is 42.6 Å². The summed E-state index contributed by atoms with van der Waals surface area (Å²) < 4.78 is 68.3. The third-order valence-corrected chi connectivity index (χ3v) is 18.1. The summed E-state index contributed by atoms with van der Waals surface area (Å²) in [4.78, 5) is 6.61. The van der Waals surface area contributed by atoms with Gasteiger partial charge in [-0.25, -0.2) is 4.57 Å². The number of rotatable bonds is 21. The molecule has 0 N–H and O–H groups in total. The Labute approximate surface area is 483 Å². The summed E-state index contributed by atoms with van der Waals surface area (Å²) in [6, 6.07) is 18.7. The van der Waals surface area contributed by atoms with Crippen molar-refractivity contribution in [3.63, 3.8) is 0 Å². The van der Waals surface area contributed by atoms with Crippen LogP contribution in [0.4, 0.5) is 0 Å². The van der Waals surface area contributed by atoms with E-state index in [0.29, 0.717) is 0 Å². The first-order chi connectivity index (χ1) is 36.6. The van der Waals surface area contributed by atoms with Crippen LogP contribution < -0.4 is 14.2 Å². The predicted molar refractivity (Wildman–Crippen MR) is 334 cm³/mol. The third kappa shape index (κ3) is 11.8. The Morgan fingerprint density at radius 2 is 0.588 bits per heavy atom. The number of nitrogens with zero attached hydrogens (tertiary/aromatic N) is 6. The normalized spacial score (nSPS) is 14.3. The fourth-order valence-electron chi connectivity index (χ4n) is 13.7. The highest BCUT2D eigenvalue weighted by atomic mass is 31.2. The molecule has 0 radical (unpaired) electrons. The van der Waals surface area contributed by atoms with Crippen LogP contribution in [-0.2, 0) is 54.6 Å². The van der Waals surface area contributed by atoms with Crippen LogP contribution in [0.15, 0.2) is 73.2 Å². The first-order valence-electron chi connectivity index (χ1n) is 28.8. The molecule has 0 unspecified atom stereocenters. The summed E-state index contributed by atoms with van der Waals surface area (Å²) in [6.07, 6.45) is 8.92. The second-order valence-corrected chi connectivity index (χ2v) is 31.0. The van der Waals surface area contributed by atoms with E-state index in [9.17, 15) is 0 Å². The molecule has 0 aliphatic heterocycles. The van der Waals surface area contributed by atoms with Gasteiger partial charge in [0.05, 0.1) is 37.9 Å². The molecule has 0 atom stereocenters. The molecule has 0 bridgehead atoms. The lowest BCUT2D eigenvalue weighted by Gasteiger charge is -2.60. The smallest absolute Gasteiger partial charge is 0.481 e. The molecule has 3 aromatic carbocycles. The number of phosphoric acid groups is 1. The molecule has 3 heterocycles. The van der Waals surface area contributed by atoms with Crippen LogP contribution in [0.25, 0.3) is 32.7 Å². The van der Waals surface area contributed by atoms with Gasteiger partial charge in [-0.1, -0.05) is 125 Å². The number of ether oxygens (including phenoxy) is 3. The van der Waals surface area contributed by atoms with Gasteiger partial charge in [0.15, 0.2) is 17.2 Å². The minimum Gasteiger partial charge on any atom is -0.497 e. The topological polar surface area (TPSA) is 97.0 Å². The van der Waals surface area contributed by atoms with E-state index >= 15 is 4.57 Å². The number of aromatic nitrogens is 3. The van der Waals surface area contributed by atoms with Crippen LogP contribution in [0.1, 0.15) is 141 Å². The van der Waals surface area contributed by atoms with Crippen molar-refractivity contribution >= 4 is 40.5 Å². The molecule has 0 aliphatic rings. The number of hydrogen-bond donors (Lipinski definition) is 0. The van der Waals surface area contributed by atoms with Crippen molar-refractivity contribution in [2.24, 2.45) is 32.5 Å². The highest BCUT2D eigenvalue weighted by Gasteiger charge is 2.67. The number of phosphoric ester groups is 1. The molecule has 80 heavy (non-hydrogen) atoms. The van der Waals surface area contributed by atoms with E-state index in [1.54, 1.807) is 21.3 Å². The second kappa shape index (κ2) is 22.7. The minimum absolute atomic E-state index is 0.746. The minimum atomic E-state index is -5.17. The number of likely N-dealkylation sites (N-methyl/N-ethyl adjacent to an activating group) is 3. The summed E-state index contributed by atoms with van der Waals surface area (Å²) in [6.45, 7) is 41.8. The maximum absolute atomic E-state index is 18.8. The summed E-state index contributed by atoms with van der Waals surface area (Å²) in [7, 11) is 12.5. The molecule has 0 saturated heterocycles. The second-order valence-electron chi connectivity index (χ2n) is 29.5. The van der Waals surface area contributed by atoms with E-state index in [-0.39, 0.29) is 0 Å². The molecular formula is C66H105N6O7P. The molecule has 6 aromatic rings. The lowest BCUT2D eigenvalue weighted by atomic mass is 9.68. The zero-order valence-electron chi connectivity index (χ0n) is 54.7. The summed E-state index contributed by atoms with van der Waals surface area (Å²) >= 11 is 0. The van der Waals surface area contributed by atoms with Gasteiger partial charge in [-0.2, -0.15) is 0 Å². The zero-order valence-corrected chi connectivity index (χ0v) is 55.6. The largest absolute Gasteiger partial charge is 0.497 e. The van der Waals surface area contributed by atoms with Gasteiger partial charge in [-0.05, 0) is 133 Å². The van der Waals surface area contributed by atoms with Crippen molar-refractivity contribution in [3.8, 4) is 17.2 Å². The molecule has 0 aliphatic carbocycles. The monoisotopic (exact) mass is 1120 g/mol. The lowest BCUT2D eigenvalue weighted by molar-refractivity contribution is -0.259. The molecule has 0 spiro atoms. The predicted octanol–water partition coefficient (Wildman–Crippen LogP) is 15.7. The van der Waals surface area contributed by atoms with Crippen LogP contribution in [0, 0.1) is 32.5 Å². The van der Waals surface area contributed by atoms with Crippen LogP contribution in [0.5, 0.6) is 17.2 Å². The summed E-state index contributed by atoms with van der Waals surface area (Å²) in [5.41, 5.74) is -3.13. The van der Waals surface area contributed by atoms with E-state index in [0.717, 1.165) is 106 Å². The fraction of sp³-hybridized carbons (Fsp3) is 0.636. The maximum atomic E-state index is 18.8. The quantitative estimate of drug-likeness (QED) is 0.0648. The van der Waals surface area contributed by atoms with Crippen molar-refractivity contribution in [2.75, 3.05) is 83.2 Å². The lowest BCUT2D eigenvalue weighted by Crippen LogP contribution is -2.60. The van der Waals surface area contributed by atoms with Crippen LogP contribution in [0.2, 0.25) is 0 Å². The van der Waals surface area contributed by atoms with Gasteiger partial charge in [0.2, 0.25) is 0 Å². The van der Waals surface area contributed by atoms with E-state index in [1.807, 2.05) is 18.2 Å². The molecule has 14 heteroatoms. The Hall–Kier alpha value is -4.33. The first-order valence-corrected chi connectivity index (χ1v) is 30.3. The third-order valence-electron chi connectivity index (χ3n) is 16.6. The van der Waals surface area contributed by atoms with Crippen molar-refractivity contribution < 1.29 is 32.3 Å². The average molecular weight is 1130 g/mol. The van der Waals surface area contributed by atoms with Gasteiger partial charge >= 0.3 is 7.82 Å². The van der Waals surface area contributed by atoms with Crippen molar-refractivity contribution in [2.45, 2.75) is 161 Å². The molecule has 0 saturated carbocycles. The van der Waals surface area contributed by atoms with Crippen LogP contribution in [0.3, 0.4) is 0 Å². The van der Waals surface area contributed by atoms with Gasteiger partial charge in [-0.3, -0.25) is 13.6 Å². The van der Waals surface area contributed by atoms with Crippen LogP contribution >= 0.6 is 7.82 Å². The van der Waals surface area contributed by atoms with Crippen molar-refractivity contribution in [1.29, 1.82) is 0 Å². The SMILES string of the molecule is COc1ccc2c(c1)c(CCN(C)C)cn2C(OP(=O)(OC(n1cc(CCN(C)C)c2cc(OC)ccc21)(C(C)(C)C)C(C)(C)C)OC(n1cc(CCN(C)C)c2cc(OC)ccc21)(C(C)(C)C)C(C)(C)C)(C(C)(C)C)C(C)(C)C. The first kappa shape index (κ1) is 64.8. The Balaban J connectivity index is 1.89. The van der Waals surface area contributed by atoms with Crippen molar-refractivity contribution in [3.05, 3.63) is 89.9 Å². The summed E-state index contributed by atoms with van der Waals surface area (Å²) in [5.74, 6) is 2.25. The standard InChI is InChI=1S/C66H105N6O7P/c1-58(2,3)64(59(4,5)6,70-43-46(34-37-67(19)20)52-40-49(74-25)28-31-55(52)70)77-80(73,78-65(60(7,8)9,61(10,11)12)71-44-47(35-38-68(21)22)53-41-50(75-26)29-32-56(53)71)79-66(62(13,14)15,63(16,17)18)72-45-48(36-39-69(23)24)54-42-51(76-27)30-33-57(54)72/h28-33,40-45H,34-39H2,1-27H3. The Kier molecular flexibility index (Phi) is 18.4. The Morgan fingerprint density at radius 3 is 0.762 bits per heavy atom. The Bertz CT molecular complexity index is 2780. The molecule has 0 fully saturated rings. The zero-order chi connectivity index (χ0) is 60.4. The van der Waals surface area contributed by atoms with E-state index < -0.39 is 57.5 Å². The number of fused-ring (bicyclic) bond motifs is 3. The molecule has 446 valence electrons. The number of hydrogen-bond acceptors (Lipinski definition) is 10. The molecular weight excluding hydrogens is 1020 g/mol. The van der Waals surface area contributed by atoms with Crippen LogP contribution in [-0.4, -0.2) is 112 Å². The number of benzene rings is 3. The van der Waals surface area contributed by atoms with Gasteiger partial charge in [0.1, 0.15) is 17.2 Å². The average Bonchev–Trinajstić information content (AvgIpc) is 4.19. The molecule has 0 amide bonds. The van der Waals surface area contributed by atoms with E-state index in [1.165, 1.54) is 0 Å². The Morgan fingerprint density at radius 1 is 0.375 bits per heavy atom. The van der Waals surface area contributed by atoms with Gasteiger partial charge in [0, 0.05) is 86.9 Å². The molecule has 3 aromatic heterocycles. The van der Waals surface area contributed by atoms with Gasteiger partial charge in [0.25, 0.3) is 0 Å². The molecule has 6 rings (SSSR count). The summed E-state index contributed by atoms with van der Waals surface area (Å²) in [5, 5.41) is 3.09. The fourth-order valence-corrected chi connectivity index (χ4v) is 16.7. The number of methoxy groups -OCH3 is 3.